The van der Waals surface area contributed by atoms with Crippen LogP contribution in [-0.4, -0.2) is 4.92 Å². The van der Waals surface area contributed by atoms with Gasteiger partial charge >= 0.3 is 0 Å². The van der Waals surface area contributed by atoms with Crippen molar-refractivity contribution in [3.8, 4) is 0 Å². The summed E-state index contributed by atoms with van der Waals surface area (Å²) in [6.45, 7) is 2.11. The number of anilines is 1. The molecule has 1 heterocycles. The van der Waals surface area contributed by atoms with Crippen molar-refractivity contribution >= 4 is 11.4 Å². The average molecular weight is 360 g/mol. The maximum atomic E-state index is 10.9. The number of nitrogens with zero attached hydrogens (tertiary/aromatic N) is 1. The number of nitro groups is 1. The number of rotatable bonds is 4. The predicted molar refractivity (Wildman–Crippen MR) is 105 cm³/mol. The lowest BCUT2D eigenvalue weighted by Gasteiger charge is -2.43. The van der Waals surface area contributed by atoms with Crippen molar-refractivity contribution in [2.75, 3.05) is 5.32 Å². The van der Waals surface area contributed by atoms with Crippen molar-refractivity contribution in [2.24, 2.45) is 0 Å². The van der Waals surface area contributed by atoms with Gasteiger partial charge in [0.15, 0.2) is 6.23 Å². The first-order chi connectivity index (χ1) is 13.1. The third kappa shape index (κ3) is 2.96. The highest BCUT2D eigenvalue weighted by molar-refractivity contribution is 5.60. The average Bonchev–Trinajstić information content (AvgIpc) is 2.73. The van der Waals surface area contributed by atoms with Gasteiger partial charge in [-0.2, -0.15) is 0 Å². The lowest BCUT2D eigenvalue weighted by atomic mass is 9.81. The summed E-state index contributed by atoms with van der Waals surface area (Å²) in [5.41, 5.74) is 3.53. The highest BCUT2D eigenvalue weighted by atomic mass is 16.6. The molecule has 1 aliphatic heterocycles. The Morgan fingerprint density at radius 2 is 1.67 bits per heavy atom. The number of para-hydroxylation sites is 1. The Kier molecular flexibility index (Phi) is 4.38. The topological polar surface area (TPSA) is 64.4 Å². The first-order valence-corrected chi connectivity index (χ1v) is 8.98. The molecule has 27 heavy (non-hydrogen) atoms. The zero-order valence-electron chi connectivity index (χ0n) is 15.0. The van der Waals surface area contributed by atoms with Crippen LogP contribution < -0.4 is 5.32 Å². The number of hydrogen-bond acceptors (Lipinski definition) is 4. The van der Waals surface area contributed by atoms with Crippen LogP contribution in [0.4, 0.5) is 11.4 Å². The van der Waals surface area contributed by atoms with Crippen LogP contribution in [0.5, 0.6) is 0 Å². The number of hydrogen-bond donors (Lipinski definition) is 1. The molecule has 0 aliphatic carbocycles. The number of nitrogens with one attached hydrogen (secondary N) is 1. The molecule has 0 saturated heterocycles. The highest BCUT2D eigenvalue weighted by Gasteiger charge is 2.41. The number of fused-ring (bicyclic) bond motifs is 1. The summed E-state index contributed by atoms with van der Waals surface area (Å²) in [6.07, 6.45) is 0.361. The van der Waals surface area contributed by atoms with Crippen molar-refractivity contribution in [3.63, 3.8) is 0 Å². The van der Waals surface area contributed by atoms with Crippen molar-refractivity contribution in [2.45, 2.75) is 25.2 Å². The molecule has 3 aromatic carbocycles. The van der Waals surface area contributed by atoms with E-state index >= 15 is 0 Å². The fourth-order valence-corrected chi connectivity index (χ4v) is 3.73. The Labute approximate surface area is 157 Å². The molecule has 0 aromatic heterocycles. The first-order valence-electron chi connectivity index (χ1n) is 8.98. The molecule has 3 aromatic rings. The highest BCUT2D eigenvalue weighted by Crippen LogP contribution is 2.47. The Morgan fingerprint density at radius 3 is 2.33 bits per heavy atom. The van der Waals surface area contributed by atoms with Crippen LogP contribution in [0.3, 0.4) is 0 Å². The normalized spacial score (nSPS) is 21.1. The van der Waals surface area contributed by atoms with E-state index in [0.29, 0.717) is 0 Å². The molecule has 4 rings (SSSR count). The summed E-state index contributed by atoms with van der Waals surface area (Å²) >= 11 is 0. The van der Waals surface area contributed by atoms with Gasteiger partial charge in [0, 0.05) is 28.9 Å². The molecule has 1 aliphatic rings. The van der Waals surface area contributed by atoms with E-state index in [2.05, 4.69) is 30.4 Å². The molecular formula is C22H20N2O3. The molecular weight excluding hydrogens is 340 g/mol. The first kappa shape index (κ1) is 17.2. The van der Waals surface area contributed by atoms with E-state index in [-0.39, 0.29) is 5.69 Å². The third-order valence-electron chi connectivity index (χ3n) is 5.11. The summed E-state index contributed by atoms with van der Waals surface area (Å²) in [4.78, 5) is 10.6. The summed E-state index contributed by atoms with van der Waals surface area (Å²) in [7, 11) is 0. The Hall–Kier alpha value is -3.18. The minimum absolute atomic E-state index is 0.0692. The smallest absolute Gasteiger partial charge is 0.269 e. The molecule has 1 N–H and O–H groups in total. The van der Waals surface area contributed by atoms with Crippen molar-refractivity contribution < 1.29 is 9.66 Å². The molecule has 5 nitrogen and oxygen atoms in total. The SMILES string of the molecule is CC[C@@]1(c2ccccc2)O[C@@H](c2ccc([N+](=O)[O-])cc2)Nc2ccccc21. The van der Waals surface area contributed by atoms with Crippen LogP contribution in [0.1, 0.15) is 36.3 Å². The Balaban J connectivity index is 1.81. The van der Waals surface area contributed by atoms with Gasteiger partial charge in [0.05, 0.1) is 4.92 Å². The second kappa shape index (κ2) is 6.85. The third-order valence-corrected chi connectivity index (χ3v) is 5.11. The van der Waals surface area contributed by atoms with Crippen LogP contribution in [-0.2, 0) is 10.3 Å². The molecule has 136 valence electrons. The van der Waals surface area contributed by atoms with Crippen molar-refractivity contribution in [1.82, 2.24) is 0 Å². The summed E-state index contributed by atoms with van der Waals surface area (Å²) in [5, 5.41) is 14.4. The van der Waals surface area contributed by atoms with Gasteiger partial charge in [-0.3, -0.25) is 10.1 Å². The molecule has 5 heteroatoms. The van der Waals surface area contributed by atoms with E-state index in [0.717, 1.165) is 28.8 Å². The van der Waals surface area contributed by atoms with E-state index in [1.165, 1.54) is 12.1 Å². The fraction of sp³-hybridized carbons (Fsp3) is 0.182. The largest absolute Gasteiger partial charge is 0.356 e. The molecule has 2 atom stereocenters. The van der Waals surface area contributed by atoms with Crippen LogP contribution in [0, 0.1) is 10.1 Å². The predicted octanol–water partition coefficient (Wildman–Crippen LogP) is 5.39. The monoisotopic (exact) mass is 360 g/mol. The fourth-order valence-electron chi connectivity index (χ4n) is 3.73. The lowest BCUT2D eigenvalue weighted by molar-refractivity contribution is -0.384. The van der Waals surface area contributed by atoms with E-state index < -0.39 is 16.8 Å². The molecule has 0 bridgehead atoms. The van der Waals surface area contributed by atoms with Crippen molar-refractivity contribution in [3.05, 3.63) is 106 Å². The minimum atomic E-state index is -0.588. The van der Waals surface area contributed by atoms with Crippen LogP contribution in [0.2, 0.25) is 0 Å². The quantitative estimate of drug-likeness (QED) is 0.500. The van der Waals surface area contributed by atoms with Crippen LogP contribution in [0.25, 0.3) is 0 Å². The standard InChI is InChI=1S/C22H20N2O3/c1-2-22(17-8-4-3-5-9-17)19-10-6-7-11-20(19)23-21(27-22)16-12-14-18(15-13-16)24(25)26/h3-15,21,23H,2H2,1H3/t21-,22-/m0/s1. The van der Waals surface area contributed by atoms with Crippen LogP contribution in [0.15, 0.2) is 78.9 Å². The number of ether oxygens (including phenoxy) is 1. The number of benzene rings is 3. The van der Waals surface area contributed by atoms with Gasteiger partial charge in [-0.05, 0) is 30.2 Å². The van der Waals surface area contributed by atoms with Gasteiger partial charge in [0.1, 0.15) is 5.60 Å². The number of nitro benzene ring substituents is 1. The molecule has 0 spiro atoms. The zero-order chi connectivity index (χ0) is 18.9. The van der Waals surface area contributed by atoms with E-state index in [9.17, 15) is 10.1 Å². The van der Waals surface area contributed by atoms with Gasteiger partial charge in [-0.1, -0.05) is 55.5 Å². The molecule has 0 fully saturated rings. The maximum absolute atomic E-state index is 10.9. The van der Waals surface area contributed by atoms with E-state index in [1.54, 1.807) is 12.1 Å². The molecule has 0 unspecified atom stereocenters. The van der Waals surface area contributed by atoms with Crippen molar-refractivity contribution in [1.29, 1.82) is 0 Å². The molecule has 0 amide bonds. The minimum Gasteiger partial charge on any atom is -0.356 e. The Bertz CT molecular complexity index is 957. The zero-order valence-corrected chi connectivity index (χ0v) is 15.0. The number of non-ortho nitro benzene ring substituents is 1. The molecule has 0 saturated carbocycles. The van der Waals surface area contributed by atoms with Gasteiger partial charge in [0.2, 0.25) is 0 Å². The van der Waals surface area contributed by atoms with Gasteiger partial charge in [-0.15, -0.1) is 0 Å². The van der Waals surface area contributed by atoms with Gasteiger partial charge in [-0.25, -0.2) is 0 Å². The lowest BCUT2D eigenvalue weighted by Crippen LogP contribution is -2.39. The van der Waals surface area contributed by atoms with Crippen LogP contribution >= 0.6 is 0 Å². The Morgan fingerprint density at radius 1 is 1.00 bits per heavy atom. The summed E-state index contributed by atoms with van der Waals surface area (Å²) in [5.74, 6) is 0. The van der Waals surface area contributed by atoms with Gasteiger partial charge in [0.25, 0.3) is 5.69 Å². The van der Waals surface area contributed by atoms with E-state index in [1.807, 2.05) is 36.4 Å². The molecule has 0 radical (unpaired) electrons. The summed E-state index contributed by atoms with van der Waals surface area (Å²) < 4.78 is 6.64. The summed E-state index contributed by atoms with van der Waals surface area (Å²) in [6, 6.07) is 24.8. The second-order valence-corrected chi connectivity index (χ2v) is 6.58. The van der Waals surface area contributed by atoms with Gasteiger partial charge < -0.3 is 10.1 Å². The maximum Gasteiger partial charge on any atom is 0.269 e. The van der Waals surface area contributed by atoms with E-state index in [4.69, 9.17) is 4.74 Å². The second-order valence-electron chi connectivity index (χ2n) is 6.58.